The molecule has 0 radical (unpaired) electrons. The summed E-state index contributed by atoms with van der Waals surface area (Å²) < 4.78 is 14.7. The van der Waals surface area contributed by atoms with Gasteiger partial charge in [-0.05, 0) is 6.07 Å². The highest BCUT2D eigenvalue weighted by atomic mass is 19.1. The minimum Gasteiger partial charge on any atom is -0.383 e. The van der Waals surface area contributed by atoms with Crippen molar-refractivity contribution >= 4 is 11.7 Å². The molecule has 0 saturated carbocycles. The van der Waals surface area contributed by atoms with E-state index in [0.717, 1.165) is 12.3 Å². The van der Waals surface area contributed by atoms with Crippen LogP contribution in [-0.4, -0.2) is 20.4 Å². The fourth-order valence-corrected chi connectivity index (χ4v) is 1.45. The number of amides is 1. The predicted octanol–water partition coefficient (Wildman–Crippen LogP) is 0.466. The van der Waals surface area contributed by atoms with Gasteiger partial charge in [-0.15, -0.1) is 0 Å². The standard InChI is InChI=1S/C11H12FN5O/c1-17-3-2-14-9(17)6-16-11(18)8-4-7(12)5-15-10(8)13/h2-5H,6H2,1H3,(H2,13,15)(H,16,18). The monoisotopic (exact) mass is 249 g/mol. The lowest BCUT2D eigenvalue weighted by molar-refractivity contribution is 0.0949. The number of carbonyl (C=O) groups excluding carboxylic acids is 1. The minimum absolute atomic E-state index is 0.00580. The van der Waals surface area contributed by atoms with Crippen LogP contribution < -0.4 is 11.1 Å². The van der Waals surface area contributed by atoms with Gasteiger partial charge in [0.05, 0.1) is 18.3 Å². The summed E-state index contributed by atoms with van der Waals surface area (Å²) in [6, 6.07) is 1.05. The van der Waals surface area contributed by atoms with E-state index >= 15 is 0 Å². The Morgan fingerprint density at radius 3 is 3.00 bits per heavy atom. The number of rotatable bonds is 3. The van der Waals surface area contributed by atoms with Crippen molar-refractivity contribution in [1.82, 2.24) is 19.9 Å². The van der Waals surface area contributed by atoms with Crippen molar-refractivity contribution in [3.63, 3.8) is 0 Å². The number of aromatic nitrogens is 3. The third-order valence-corrected chi connectivity index (χ3v) is 2.46. The second-order valence-electron chi connectivity index (χ2n) is 3.72. The summed E-state index contributed by atoms with van der Waals surface area (Å²) >= 11 is 0. The number of anilines is 1. The van der Waals surface area contributed by atoms with Crippen LogP contribution in [0, 0.1) is 5.82 Å². The summed E-state index contributed by atoms with van der Waals surface area (Å²) in [5.41, 5.74) is 5.53. The van der Waals surface area contributed by atoms with Crippen LogP contribution in [0.1, 0.15) is 16.2 Å². The maximum Gasteiger partial charge on any atom is 0.255 e. The van der Waals surface area contributed by atoms with Crippen molar-refractivity contribution < 1.29 is 9.18 Å². The Balaban J connectivity index is 2.08. The van der Waals surface area contributed by atoms with E-state index < -0.39 is 11.7 Å². The van der Waals surface area contributed by atoms with E-state index in [9.17, 15) is 9.18 Å². The highest BCUT2D eigenvalue weighted by Crippen LogP contribution is 2.09. The lowest BCUT2D eigenvalue weighted by Crippen LogP contribution is -2.25. The molecular formula is C11H12FN5O. The van der Waals surface area contributed by atoms with Gasteiger partial charge < -0.3 is 15.6 Å². The zero-order chi connectivity index (χ0) is 13.1. The number of hydrogen-bond acceptors (Lipinski definition) is 4. The quantitative estimate of drug-likeness (QED) is 0.827. The molecule has 0 aliphatic rings. The number of imidazole rings is 1. The first-order valence-electron chi connectivity index (χ1n) is 5.23. The molecule has 0 unspecified atom stereocenters. The zero-order valence-electron chi connectivity index (χ0n) is 9.72. The average molecular weight is 249 g/mol. The van der Waals surface area contributed by atoms with Crippen LogP contribution in [0.15, 0.2) is 24.7 Å². The van der Waals surface area contributed by atoms with Crippen molar-refractivity contribution in [1.29, 1.82) is 0 Å². The summed E-state index contributed by atoms with van der Waals surface area (Å²) in [6.07, 6.45) is 4.35. The van der Waals surface area contributed by atoms with Gasteiger partial charge in [0.25, 0.3) is 5.91 Å². The van der Waals surface area contributed by atoms with Gasteiger partial charge in [-0.3, -0.25) is 4.79 Å². The van der Waals surface area contributed by atoms with E-state index in [1.807, 2.05) is 7.05 Å². The third kappa shape index (κ3) is 2.45. The molecule has 0 saturated heterocycles. The molecule has 2 aromatic heterocycles. The summed E-state index contributed by atoms with van der Waals surface area (Å²) in [4.78, 5) is 19.4. The van der Waals surface area contributed by atoms with E-state index in [2.05, 4.69) is 15.3 Å². The van der Waals surface area contributed by atoms with Crippen LogP contribution >= 0.6 is 0 Å². The number of carbonyl (C=O) groups is 1. The Kier molecular flexibility index (Phi) is 3.22. The number of aryl methyl sites for hydroxylation is 1. The Bertz CT molecular complexity index is 581. The number of nitrogens with two attached hydrogens (primary N) is 1. The van der Waals surface area contributed by atoms with Gasteiger partial charge in [0, 0.05) is 19.4 Å². The molecule has 0 fully saturated rings. The number of nitrogen functional groups attached to an aromatic ring is 1. The second-order valence-corrected chi connectivity index (χ2v) is 3.72. The maximum absolute atomic E-state index is 13.0. The normalized spacial score (nSPS) is 10.3. The number of nitrogens with one attached hydrogen (secondary N) is 1. The van der Waals surface area contributed by atoms with Gasteiger partial charge in [0.1, 0.15) is 17.5 Å². The van der Waals surface area contributed by atoms with Crippen LogP contribution in [0.3, 0.4) is 0 Å². The summed E-state index contributed by atoms with van der Waals surface area (Å²) in [6.45, 7) is 0.234. The van der Waals surface area contributed by atoms with Gasteiger partial charge in [0.2, 0.25) is 0 Å². The topological polar surface area (TPSA) is 85.8 Å². The van der Waals surface area contributed by atoms with Gasteiger partial charge in [-0.2, -0.15) is 0 Å². The molecular weight excluding hydrogens is 237 g/mol. The number of halogens is 1. The average Bonchev–Trinajstić information content (AvgIpc) is 2.75. The van der Waals surface area contributed by atoms with Gasteiger partial charge in [-0.25, -0.2) is 14.4 Å². The highest BCUT2D eigenvalue weighted by molar-refractivity contribution is 5.98. The first-order valence-corrected chi connectivity index (χ1v) is 5.23. The van der Waals surface area contributed by atoms with Crippen molar-refractivity contribution in [2.45, 2.75) is 6.54 Å². The van der Waals surface area contributed by atoms with Crippen molar-refractivity contribution in [3.05, 3.63) is 41.9 Å². The van der Waals surface area contributed by atoms with Crippen LogP contribution in [0.4, 0.5) is 10.2 Å². The van der Waals surface area contributed by atoms with Crippen LogP contribution in [0.2, 0.25) is 0 Å². The Labute approximate surface area is 103 Å². The molecule has 6 nitrogen and oxygen atoms in total. The summed E-state index contributed by atoms with van der Waals surface area (Å²) in [5, 5.41) is 2.60. The molecule has 7 heteroatoms. The SMILES string of the molecule is Cn1ccnc1CNC(=O)c1cc(F)cnc1N. The third-order valence-electron chi connectivity index (χ3n) is 2.46. The van der Waals surface area contributed by atoms with Crippen LogP contribution in [0.25, 0.3) is 0 Å². The van der Waals surface area contributed by atoms with Gasteiger partial charge in [-0.1, -0.05) is 0 Å². The molecule has 0 aromatic carbocycles. The smallest absolute Gasteiger partial charge is 0.255 e. The number of hydrogen-bond donors (Lipinski definition) is 2. The molecule has 0 bridgehead atoms. The summed E-state index contributed by atoms with van der Waals surface area (Å²) in [7, 11) is 1.81. The van der Waals surface area contributed by atoms with E-state index in [0.29, 0.717) is 5.82 Å². The van der Waals surface area contributed by atoms with Crippen molar-refractivity contribution in [2.75, 3.05) is 5.73 Å². The molecule has 1 amide bonds. The first kappa shape index (κ1) is 12.0. The molecule has 3 N–H and O–H groups in total. The number of pyridine rings is 1. The molecule has 0 aliphatic carbocycles. The van der Waals surface area contributed by atoms with E-state index in [-0.39, 0.29) is 17.9 Å². The Hall–Kier alpha value is -2.44. The number of nitrogens with zero attached hydrogens (tertiary/aromatic N) is 3. The summed E-state index contributed by atoms with van der Waals surface area (Å²) in [5.74, 6) is -0.408. The molecule has 2 rings (SSSR count). The van der Waals surface area contributed by atoms with Crippen molar-refractivity contribution in [3.8, 4) is 0 Å². The van der Waals surface area contributed by atoms with E-state index in [1.54, 1.807) is 17.0 Å². The first-order chi connectivity index (χ1) is 8.58. The lowest BCUT2D eigenvalue weighted by Gasteiger charge is -2.07. The zero-order valence-corrected chi connectivity index (χ0v) is 9.72. The van der Waals surface area contributed by atoms with E-state index in [4.69, 9.17) is 5.73 Å². The van der Waals surface area contributed by atoms with E-state index in [1.165, 1.54) is 0 Å². The molecule has 2 heterocycles. The van der Waals surface area contributed by atoms with Crippen LogP contribution in [0.5, 0.6) is 0 Å². The van der Waals surface area contributed by atoms with Crippen molar-refractivity contribution in [2.24, 2.45) is 7.05 Å². The van der Waals surface area contributed by atoms with Crippen LogP contribution in [-0.2, 0) is 13.6 Å². The Morgan fingerprint density at radius 2 is 2.33 bits per heavy atom. The fraction of sp³-hybridized carbons (Fsp3) is 0.182. The molecule has 0 atom stereocenters. The molecule has 0 spiro atoms. The maximum atomic E-state index is 13.0. The molecule has 94 valence electrons. The Morgan fingerprint density at radius 1 is 1.56 bits per heavy atom. The van der Waals surface area contributed by atoms with Gasteiger partial charge in [0.15, 0.2) is 0 Å². The lowest BCUT2D eigenvalue weighted by atomic mass is 10.2. The van der Waals surface area contributed by atoms with Gasteiger partial charge >= 0.3 is 0 Å². The predicted molar refractivity (Wildman–Crippen MR) is 63.0 cm³/mol. The molecule has 0 aliphatic heterocycles. The largest absolute Gasteiger partial charge is 0.383 e. The fourth-order valence-electron chi connectivity index (χ4n) is 1.45. The highest BCUT2D eigenvalue weighted by Gasteiger charge is 2.12. The molecule has 2 aromatic rings. The molecule has 18 heavy (non-hydrogen) atoms. The minimum atomic E-state index is -0.605. The second kappa shape index (κ2) is 4.82.